The van der Waals surface area contributed by atoms with Gasteiger partial charge in [0.1, 0.15) is 6.73 Å². The van der Waals surface area contributed by atoms with E-state index in [0.717, 1.165) is 6.42 Å². The Morgan fingerprint density at radius 3 is 2.73 bits per heavy atom. The molecule has 0 aliphatic rings. The first kappa shape index (κ1) is 10.2. The molecule has 64 valence electrons. The molecular formula is C8H15NO2. The van der Waals surface area contributed by atoms with Gasteiger partial charge < -0.3 is 10.1 Å². The molecule has 0 saturated carbocycles. The van der Waals surface area contributed by atoms with Gasteiger partial charge in [0.15, 0.2) is 0 Å². The van der Waals surface area contributed by atoms with Crippen LogP contribution in [-0.4, -0.2) is 19.2 Å². The van der Waals surface area contributed by atoms with Crippen molar-refractivity contribution in [3.8, 4) is 0 Å². The third-order valence-corrected chi connectivity index (χ3v) is 1.07. The van der Waals surface area contributed by atoms with Gasteiger partial charge in [-0.25, -0.2) is 0 Å². The van der Waals surface area contributed by atoms with Crippen LogP contribution in [0.2, 0.25) is 0 Å². The van der Waals surface area contributed by atoms with Crippen LogP contribution in [0.1, 0.15) is 20.3 Å². The molecule has 0 aromatic rings. The lowest BCUT2D eigenvalue weighted by atomic mass is 10.3. The second kappa shape index (κ2) is 5.92. The Hall–Kier alpha value is -0.830. The van der Waals surface area contributed by atoms with Crippen molar-refractivity contribution in [1.82, 2.24) is 5.32 Å². The van der Waals surface area contributed by atoms with E-state index in [1.165, 1.54) is 0 Å². The minimum absolute atomic E-state index is 0.152. The topological polar surface area (TPSA) is 38.3 Å². The number of carbonyl (C=O) groups excluding carboxylic acids is 1. The standard InChI is InChI=1S/C8H15NO2/c1-4-5-11-6-9-8(10)7(2)3/h2,4-6H2,1,3H3,(H,9,10). The van der Waals surface area contributed by atoms with Crippen molar-refractivity contribution in [2.45, 2.75) is 20.3 Å². The molecule has 0 rings (SSSR count). The van der Waals surface area contributed by atoms with Crippen molar-refractivity contribution in [2.24, 2.45) is 0 Å². The lowest BCUT2D eigenvalue weighted by molar-refractivity contribution is -0.119. The highest BCUT2D eigenvalue weighted by molar-refractivity contribution is 5.91. The van der Waals surface area contributed by atoms with Crippen LogP contribution in [0.4, 0.5) is 0 Å². The monoisotopic (exact) mass is 157 g/mol. The molecule has 0 aromatic heterocycles. The Bertz CT molecular complexity index is 143. The van der Waals surface area contributed by atoms with Crippen molar-refractivity contribution in [3.05, 3.63) is 12.2 Å². The molecule has 0 unspecified atom stereocenters. The van der Waals surface area contributed by atoms with Crippen LogP contribution >= 0.6 is 0 Å². The van der Waals surface area contributed by atoms with E-state index >= 15 is 0 Å². The average molecular weight is 157 g/mol. The number of carbonyl (C=O) groups is 1. The number of hydrogen-bond acceptors (Lipinski definition) is 2. The molecule has 1 N–H and O–H groups in total. The Morgan fingerprint density at radius 2 is 2.27 bits per heavy atom. The van der Waals surface area contributed by atoms with Gasteiger partial charge in [0.25, 0.3) is 0 Å². The molecule has 0 heterocycles. The molecule has 0 spiro atoms. The zero-order valence-electron chi connectivity index (χ0n) is 7.14. The van der Waals surface area contributed by atoms with Gasteiger partial charge in [-0.3, -0.25) is 4.79 Å². The van der Waals surface area contributed by atoms with Gasteiger partial charge >= 0.3 is 0 Å². The minimum atomic E-state index is -0.152. The third kappa shape index (κ3) is 5.61. The van der Waals surface area contributed by atoms with Crippen molar-refractivity contribution >= 4 is 5.91 Å². The third-order valence-electron chi connectivity index (χ3n) is 1.07. The number of hydrogen-bond donors (Lipinski definition) is 1. The normalized spacial score (nSPS) is 9.27. The van der Waals surface area contributed by atoms with E-state index in [1.807, 2.05) is 6.92 Å². The van der Waals surface area contributed by atoms with Gasteiger partial charge in [0, 0.05) is 12.2 Å². The molecular weight excluding hydrogens is 142 g/mol. The summed E-state index contributed by atoms with van der Waals surface area (Å²) in [6, 6.07) is 0. The fourth-order valence-corrected chi connectivity index (χ4v) is 0.484. The summed E-state index contributed by atoms with van der Waals surface area (Å²) >= 11 is 0. The zero-order chi connectivity index (χ0) is 8.69. The number of ether oxygens (including phenoxy) is 1. The largest absolute Gasteiger partial charge is 0.361 e. The van der Waals surface area contributed by atoms with Gasteiger partial charge in [-0.15, -0.1) is 0 Å². The molecule has 11 heavy (non-hydrogen) atoms. The van der Waals surface area contributed by atoms with Gasteiger partial charge in [-0.05, 0) is 13.3 Å². The maximum Gasteiger partial charge on any atom is 0.248 e. The first-order chi connectivity index (χ1) is 5.18. The Labute approximate surface area is 67.4 Å². The first-order valence-electron chi connectivity index (χ1n) is 3.70. The summed E-state index contributed by atoms with van der Waals surface area (Å²) in [6.45, 7) is 8.12. The molecule has 0 bridgehead atoms. The fraction of sp³-hybridized carbons (Fsp3) is 0.625. The minimum Gasteiger partial charge on any atom is -0.361 e. The van der Waals surface area contributed by atoms with E-state index in [2.05, 4.69) is 11.9 Å². The molecule has 1 amide bonds. The predicted octanol–water partition coefficient (Wildman–Crippen LogP) is 1.06. The van der Waals surface area contributed by atoms with E-state index in [-0.39, 0.29) is 12.6 Å². The Kier molecular flexibility index (Phi) is 5.47. The highest BCUT2D eigenvalue weighted by atomic mass is 16.5. The molecule has 3 heteroatoms. The van der Waals surface area contributed by atoms with E-state index < -0.39 is 0 Å². The highest BCUT2D eigenvalue weighted by Crippen LogP contribution is 1.85. The fourth-order valence-electron chi connectivity index (χ4n) is 0.484. The lowest BCUT2D eigenvalue weighted by Crippen LogP contribution is -2.26. The van der Waals surface area contributed by atoms with Crippen LogP contribution in [0, 0.1) is 0 Å². The van der Waals surface area contributed by atoms with Gasteiger partial charge in [-0.1, -0.05) is 13.5 Å². The number of amides is 1. The highest BCUT2D eigenvalue weighted by Gasteiger charge is 1.98. The first-order valence-corrected chi connectivity index (χ1v) is 3.70. The SMILES string of the molecule is C=C(C)C(=O)NCOCCC. The molecule has 0 atom stereocenters. The van der Waals surface area contributed by atoms with Crippen molar-refractivity contribution in [3.63, 3.8) is 0 Å². The van der Waals surface area contributed by atoms with Crippen molar-refractivity contribution < 1.29 is 9.53 Å². The summed E-state index contributed by atoms with van der Waals surface area (Å²) in [5.41, 5.74) is 0.505. The van der Waals surface area contributed by atoms with E-state index in [1.54, 1.807) is 6.92 Å². The summed E-state index contributed by atoms with van der Waals surface area (Å²) in [4.78, 5) is 10.8. The summed E-state index contributed by atoms with van der Waals surface area (Å²) in [7, 11) is 0. The van der Waals surface area contributed by atoms with Gasteiger partial charge in [0.05, 0.1) is 0 Å². The average Bonchev–Trinajstić information content (AvgIpc) is 1.97. The Morgan fingerprint density at radius 1 is 1.64 bits per heavy atom. The van der Waals surface area contributed by atoms with Crippen LogP contribution < -0.4 is 5.32 Å². The van der Waals surface area contributed by atoms with E-state index in [0.29, 0.717) is 12.2 Å². The van der Waals surface area contributed by atoms with Crippen LogP contribution in [0.25, 0.3) is 0 Å². The molecule has 3 nitrogen and oxygen atoms in total. The zero-order valence-corrected chi connectivity index (χ0v) is 7.14. The second-order valence-electron chi connectivity index (χ2n) is 2.34. The smallest absolute Gasteiger partial charge is 0.248 e. The van der Waals surface area contributed by atoms with E-state index in [4.69, 9.17) is 4.74 Å². The lowest BCUT2D eigenvalue weighted by Gasteiger charge is -2.04. The molecule has 0 aliphatic heterocycles. The van der Waals surface area contributed by atoms with Gasteiger partial charge in [0.2, 0.25) is 5.91 Å². The number of nitrogens with one attached hydrogen (secondary N) is 1. The number of rotatable bonds is 5. The maximum atomic E-state index is 10.8. The summed E-state index contributed by atoms with van der Waals surface area (Å²) in [5, 5.41) is 2.56. The van der Waals surface area contributed by atoms with Crippen molar-refractivity contribution in [2.75, 3.05) is 13.3 Å². The summed E-state index contributed by atoms with van der Waals surface area (Å²) < 4.78 is 5.03. The van der Waals surface area contributed by atoms with Crippen molar-refractivity contribution in [1.29, 1.82) is 0 Å². The molecule has 0 aromatic carbocycles. The molecule has 0 aliphatic carbocycles. The summed E-state index contributed by atoms with van der Waals surface area (Å²) in [5.74, 6) is -0.152. The molecule has 0 fully saturated rings. The Balaban J connectivity index is 3.25. The predicted molar refractivity (Wildman–Crippen MR) is 44.1 cm³/mol. The summed E-state index contributed by atoms with van der Waals surface area (Å²) in [6.07, 6.45) is 0.961. The maximum absolute atomic E-state index is 10.8. The van der Waals surface area contributed by atoms with Crippen LogP contribution in [-0.2, 0) is 9.53 Å². The molecule has 0 saturated heterocycles. The van der Waals surface area contributed by atoms with E-state index in [9.17, 15) is 4.79 Å². The van der Waals surface area contributed by atoms with Crippen LogP contribution in [0.3, 0.4) is 0 Å². The van der Waals surface area contributed by atoms with Crippen LogP contribution in [0.15, 0.2) is 12.2 Å². The van der Waals surface area contributed by atoms with Gasteiger partial charge in [-0.2, -0.15) is 0 Å². The molecule has 0 radical (unpaired) electrons. The second-order valence-corrected chi connectivity index (χ2v) is 2.34. The quantitative estimate of drug-likeness (QED) is 0.368. The van der Waals surface area contributed by atoms with Crippen LogP contribution in [0.5, 0.6) is 0 Å².